The molecule has 0 aromatic carbocycles. The van der Waals surface area contributed by atoms with Gasteiger partial charge < -0.3 is 15.0 Å². The number of carbonyl (C=O) groups is 1. The van der Waals surface area contributed by atoms with Crippen LogP contribution in [0.5, 0.6) is 0 Å². The SMILES string of the molecule is O=C(C1CCCN1)N1CCOC(Cn2cncn2)C1. The molecule has 1 amide bonds. The predicted molar refractivity (Wildman–Crippen MR) is 67.4 cm³/mol. The van der Waals surface area contributed by atoms with Gasteiger partial charge in [-0.25, -0.2) is 4.98 Å². The number of aromatic nitrogens is 3. The molecule has 0 spiro atoms. The Kier molecular flexibility index (Phi) is 3.74. The second-order valence-corrected chi connectivity index (χ2v) is 5.04. The van der Waals surface area contributed by atoms with Crippen molar-refractivity contribution in [1.29, 1.82) is 0 Å². The maximum atomic E-state index is 12.3. The van der Waals surface area contributed by atoms with Crippen LogP contribution >= 0.6 is 0 Å². The molecule has 2 atom stereocenters. The van der Waals surface area contributed by atoms with Crippen molar-refractivity contribution in [2.45, 2.75) is 31.5 Å². The molecule has 2 unspecified atom stereocenters. The molecule has 0 saturated carbocycles. The average molecular weight is 265 g/mol. The monoisotopic (exact) mass is 265 g/mol. The summed E-state index contributed by atoms with van der Waals surface area (Å²) < 4.78 is 7.43. The Bertz CT molecular complexity index is 416. The Labute approximate surface area is 111 Å². The van der Waals surface area contributed by atoms with Gasteiger partial charge in [-0.05, 0) is 19.4 Å². The van der Waals surface area contributed by atoms with Gasteiger partial charge in [-0.15, -0.1) is 0 Å². The minimum atomic E-state index is 0.000744. The van der Waals surface area contributed by atoms with Crippen molar-refractivity contribution in [3.05, 3.63) is 12.7 Å². The van der Waals surface area contributed by atoms with Crippen LogP contribution in [0.25, 0.3) is 0 Å². The van der Waals surface area contributed by atoms with Crippen molar-refractivity contribution in [3.63, 3.8) is 0 Å². The summed E-state index contributed by atoms with van der Waals surface area (Å²) in [6, 6.07) is 0.00474. The van der Waals surface area contributed by atoms with Crippen molar-refractivity contribution in [1.82, 2.24) is 25.0 Å². The van der Waals surface area contributed by atoms with E-state index in [1.165, 1.54) is 6.33 Å². The Morgan fingerprint density at radius 3 is 3.21 bits per heavy atom. The summed E-state index contributed by atoms with van der Waals surface area (Å²) in [5, 5.41) is 7.32. The first kappa shape index (κ1) is 12.6. The number of rotatable bonds is 3. The molecule has 0 aliphatic carbocycles. The summed E-state index contributed by atoms with van der Waals surface area (Å²) in [5.41, 5.74) is 0. The third-order valence-corrected chi connectivity index (χ3v) is 3.67. The second-order valence-electron chi connectivity index (χ2n) is 5.04. The van der Waals surface area contributed by atoms with Crippen LogP contribution in [-0.2, 0) is 16.1 Å². The van der Waals surface area contributed by atoms with Crippen molar-refractivity contribution in [2.24, 2.45) is 0 Å². The van der Waals surface area contributed by atoms with E-state index in [9.17, 15) is 4.79 Å². The molecule has 1 N–H and O–H groups in total. The molecule has 0 bridgehead atoms. The fourth-order valence-corrected chi connectivity index (χ4v) is 2.68. The zero-order chi connectivity index (χ0) is 13.1. The molecule has 7 heteroatoms. The third-order valence-electron chi connectivity index (χ3n) is 3.67. The van der Waals surface area contributed by atoms with Crippen molar-refractivity contribution >= 4 is 5.91 Å². The van der Waals surface area contributed by atoms with E-state index in [-0.39, 0.29) is 18.1 Å². The first-order valence-electron chi connectivity index (χ1n) is 6.79. The second kappa shape index (κ2) is 5.66. The zero-order valence-corrected chi connectivity index (χ0v) is 10.9. The number of ether oxygens (including phenoxy) is 1. The van der Waals surface area contributed by atoms with Crippen LogP contribution in [0.1, 0.15) is 12.8 Å². The molecule has 2 aliphatic rings. The normalized spacial score (nSPS) is 27.7. The fourth-order valence-electron chi connectivity index (χ4n) is 2.68. The van der Waals surface area contributed by atoms with Gasteiger partial charge in [0.05, 0.1) is 25.3 Å². The molecule has 1 aromatic heterocycles. The van der Waals surface area contributed by atoms with E-state index in [4.69, 9.17) is 4.74 Å². The first-order chi connectivity index (χ1) is 9.33. The minimum absolute atomic E-state index is 0.000744. The maximum Gasteiger partial charge on any atom is 0.239 e. The molecule has 19 heavy (non-hydrogen) atoms. The highest BCUT2D eigenvalue weighted by molar-refractivity contribution is 5.82. The molecule has 2 aliphatic heterocycles. The van der Waals surface area contributed by atoms with Crippen LogP contribution in [-0.4, -0.2) is 64.0 Å². The summed E-state index contributed by atoms with van der Waals surface area (Å²) >= 11 is 0. The van der Waals surface area contributed by atoms with Crippen LogP contribution < -0.4 is 5.32 Å². The Balaban J connectivity index is 1.56. The molecule has 2 fully saturated rings. The molecule has 7 nitrogen and oxygen atoms in total. The van der Waals surface area contributed by atoms with Gasteiger partial charge in [0.15, 0.2) is 0 Å². The van der Waals surface area contributed by atoms with Gasteiger partial charge >= 0.3 is 0 Å². The van der Waals surface area contributed by atoms with E-state index in [2.05, 4.69) is 15.4 Å². The van der Waals surface area contributed by atoms with E-state index < -0.39 is 0 Å². The lowest BCUT2D eigenvalue weighted by atomic mass is 10.1. The Morgan fingerprint density at radius 1 is 1.53 bits per heavy atom. The number of nitrogens with one attached hydrogen (secondary N) is 1. The first-order valence-corrected chi connectivity index (χ1v) is 6.79. The molecular weight excluding hydrogens is 246 g/mol. The van der Waals surface area contributed by atoms with Gasteiger partial charge in [0.1, 0.15) is 12.7 Å². The number of hydrogen-bond acceptors (Lipinski definition) is 5. The lowest BCUT2D eigenvalue weighted by molar-refractivity contribution is -0.141. The van der Waals surface area contributed by atoms with Gasteiger partial charge in [-0.2, -0.15) is 5.10 Å². The number of amides is 1. The Morgan fingerprint density at radius 2 is 2.47 bits per heavy atom. The maximum absolute atomic E-state index is 12.3. The van der Waals surface area contributed by atoms with E-state index in [1.807, 2.05) is 4.90 Å². The summed E-state index contributed by atoms with van der Waals surface area (Å²) in [7, 11) is 0. The highest BCUT2D eigenvalue weighted by Crippen LogP contribution is 2.13. The smallest absolute Gasteiger partial charge is 0.239 e. The van der Waals surface area contributed by atoms with Crippen molar-refractivity contribution in [3.8, 4) is 0 Å². The van der Waals surface area contributed by atoms with Crippen LogP contribution in [0, 0.1) is 0 Å². The number of carbonyl (C=O) groups excluding carboxylic acids is 1. The molecular formula is C12H19N5O2. The summed E-state index contributed by atoms with van der Waals surface area (Å²) in [6.45, 7) is 3.50. The predicted octanol–water partition coefficient (Wildman–Crippen LogP) is -0.742. The summed E-state index contributed by atoms with van der Waals surface area (Å²) in [6.07, 6.45) is 5.21. The van der Waals surface area contributed by atoms with Gasteiger partial charge in [-0.1, -0.05) is 0 Å². The molecule has 104 valence electrons. The topological polar surface area (TPSA) is 72.3 Å². The lowest BCUT2D eigenvalue weighted by Gasteiger charge is -2.34. The van der Waals surface area contributed by atoms with Crippen LogP contribution in [0.4, 0.5) is 0 Å². The zero-order valence-electron chi connectivity index (χ0n) is 10.9. The summed E-state index contributed by atoms with van der Waals surface area (Å²) in [4.78, 5) is 18.1. The van der Waals surface area contributed by atoms with Gasteiger partial charge in [0.25, 0.3) is 0 Å². The minimum Gasteiger partial charge on any atom is -0.373 e. The quantitative estimate of drug-likeness (QED) is 0.779. The largest absolute Gasteiger partial charge is 0.373 e. The van der Waals surface area contributed by atoms with E-state index >= 15 is 0 Å². The van der Waals surface area contributed by atoms with E-state index in [0.29, 0.717) is 26.2 Å². The standard InChI is InChI=1S/C12H19N5O2/c18-12(11-2-1-3-14-11)16-4-5-19-10(6-16)7-17-9-13-8-15-17/h8-11,14H,1-7H2. The molecule has 2 saturated heterocycles. The molecule has 0 radical (unpaired) electrons. The molecule has 3 rings (SSSR count). The Hall–Kier alpha value is -1.47. The fraction of sp³-hybridized carbons (Fsp3) is 0.750. The van der Waals surface area contributed by atoms with Gasteiger partial charge in [-0.3, -0.25) is 9.48 Å². The average Bonchev–Trinajstić information content (AvgIpc) is 3.11. The van der Waals surface area contributed by atoms with Crippen LogP contribution in [0.3, 0.4) is 0 Å². The van der Waals surface area contributed by atoms with Crippen LogP contribution in [0.2, 0.25) is 0 Å². The lowest BCUT2D eigenvalue weighted by Crippen LogP contribution is -2.52. The van der Waals surface area contributed by atoms with Gasteiger partial charge in [0.2, 0.25) is 5.91 Å². The van der Waals surface area contributed by atoms with Crippen molar-refractivity contribution < 1.29 is 9.53 Å². The van der Waals surface area contributed by atoms with Crippen molar-refractivity contribution in [2.75, 3.05) is 26.2 Å². The molecule has 3 heterocycles. The van der Waals surface area contributed by atoms with Crippen LogP contribution in [0.15, 0.2) is 12.7 Å². The highest BCUT2D eigenvalue weighted by atomic mass is 16.5. The number of morpholine rings is 1. The summed E-state index contributed by atoms with van der Waals surface area (Å²) in [5.74, 6) is 0.212. The van der Waals surface area contributed by atoms with E-state index in [0.717, 1.165) is 19.4 Å². The number of hydrogen-bond donors (Lipinski definition) is 1. The van der Waals surface area contributed by atoms with E-state index in [1.54, 1.807) is 11.0 Å². The molecule has 1 aromatic rings. The highest BCUT2D eigenvalue weighted by Gasteiger charge is 2.30. The van der Waals surface area contributed by atoms with Gasteiger partial charge in [0, 0.05) is 13.1 Å². The number of nitrogens with zero attached hydrogens (tertiary/aromatic N) is 4. The third kappa shape index (κ3) is 2.93.